The lowest BCUT2D eigenvalue weighted by Gasteiger charge is -2.07. The molecule has 0 aliphatic rings. The lowest BCUT2D eigenvalue weighted by atomic mass is 10.0. The van der Waals surface area contributed by atoms with Crippen LogP contribution >= 0.6 is 0 Å². The van der Waals surface area contributed by atoms with Gasteiger partial charge in [-0.25, -0.2) is 4.79 Å². The fraction of sp³-hybridized carbons (Fsp3) is 0.0741. The molecule has 6 nitrogen and oxygen atoms in total. The summed E-state index contributed by atoms with van der Waals surface area (Å²) in [5.41, 5.74) is 3.87. The Labute approximate surface area is 192 Å². The van der Waals surface area contributed by atoms with Crippen LogP contribution in [-0.4, -0.2) is 20.2 Å². The molecule has 0 N–H and O–H groups in total. The Hall–Kier alpha value is -4.45. The first-order valence-electron chi connectivity index (χ1n) is 10.3. The van der Waals surface area contributed by atoms with Crippen LogP contribution in [0, 0.1) is 0 Å². The third kappa shape index (κ3) is 5.62. The van der Waals surface area contributed by atoms with Gasteiger partial charge in [-0.05, 0) is 83.9 Å². The predicted molar refractivity (Wildman–Crippen MR) is 127 cm³/mol. The molecule has 0 bridgehead atoms. The number of carbonyl (C=O) groups is 1. The highest BCUT2D eigenvalue weighted by atomic mass is 16.5. The van der Waals surface area contributed by atoms with E-state index in [2.05, 4.69) is 10.2 Å². The maximum atomic E-state index is 12.5. The zero-order chi connectivity index (χ0) is 23.0. The van der Waals surface area contributed by atoms with Crippen LogP contribution in [0.4, 0.5) is 11.4 Å². The monoisotopic (exact) mass is 438 g/mol. The number of carbonyl (C=O) groups excluding carboxylic acids is 1. The summed E-state index contributed by atoms with van der Waals surface area (Å²) in [5, 5.41) is 8.38. The van der Waals surface area contributed by atoms with Gasteiger partial charge in [0.15, 0.2) is 0 Å². The van der Waals surface area contributed by atoms with E-state index in [1.165, 1.54) is 0 Å². The summed E-state index contributed by atoms with van der Waals surface area (Å²) in [4.78, 5) is 12.5. The molecule has 4 rings (SSSR count). The first kappa shape index (κ1) is 21.8. The lowest BCUT2D eigenvalue weighted by molar-refractivity contribution is 0.0735. The number of rotatable bonds is 7. The molecule has 0 saturated carbocycles. The number of hydrogen-bond acceptors (Lipinski definition) is 6. The molecule has 0 fully saturated rings. The van der Waals surface area contributed by atoms with Crippen molar-refractivity contribution in [1.82, 2.24) is 0 Å². The number of azo groups is 1. The molecule has 4 aromatic carbocycles. The maximum absolute atomic E-state index is 12.5. The van der Waals surface area contributed by atoms with Gasteiger partial charge in [-0.2, -0.15) is 10.2 Å². The standard InChI is InChI=1S/C27H22N2O4/c1-31-24-13-7-20(8-14-24)19-3-5-21(6-4-19)27(30)33-26-17-11-23(12-18-26)29-28-22-9-15-25(32-2)16-10-22/h3-18H,1-2H3. The minimum absolute atomic E-state index is 0.427. The van der Waals surface area contributed by atoms with Crippen molar-refractivity contribution in [2.24, 2.45) is 10.2 Å². The molecule has 164 valence electrons. The molecule has 0 amide bonds. The van der Waals surface area contributed by atoms with Crippen LogP contribution in [0.25, 0.3) is 11.1 Å². The third-order valence-electron chi connectivity index (χ3n) is 4.94. The van der Waals surface area contributed by atoms with Gasteiger partial charge in [-0.3, -0.25) is 0 Å². The van der Waals surface area contributed by atoms with Crippen LogP contribution in [-0.2, 0) is 0 Å². The van der Waals surface area contributed by atoms with Crippen LogP contribution in [0.5, 0.6) is 17.2 Å². The molecule has 33 heavy (non-hydrogen) atoms. The Morgan fingerprint density at radius 2 is 0.939 bits per heavy atom. The van der Waals surface area contributed by atoms with E-state index in [0.29, 0.717) is 22.7 Å². The van der Waals surface area contributed by atoms with Crippen molar-refractivity contribution >= 4 is 17.3 Å². The van der Waals surface area contributed by atoms with Crippen LogP contribution in [0.2, 0.25) is 0 Å². The fourth-order valence-corrected chi connectivity index (χ4v) is 3.09. The van der Waals surface area contributed by atoms with E-state index in [0.717, 1.165) is 22.6 Å². The number of esters is 1. The average molecular weight is 438 g/mol. The van der Waals surface area contributed by atoms with Gasteiger partial charge >= 0.3 is 5.97 Å². The van der Waals surface area contributed by atoms with Crippen molar-refractivity contribution < 1.29 is 19.0 Å². The Bertz CT molecular complexity index is 1230. The molecule has 0 heterocycles. The van der Waals surface area contributed by atoms with Gasteiger partial charge in [0.05, 0.1) is 31.2 Å². The van der Waals surface area contributed by atoms with Gasteiger partial charge in [-0.1, -0.05) is 24.3 Å². The molecular weight excluding hydrogens is 416 g/mol. The first-order chi connectivity index (χ1) is 16.1. The second-order valence-corrected chi connectivity index (χ2v) is 7.09. The van der Waals surface area contributed by atoms with Crippen molar-refractivity contribution in [1.29, 1.82) is 0 Å². The zero-order valence-corrected chi connectivity index (χ0v) is 18.3. The largest absolute Gasteiger partial charge is 0.497 e. The lowest BCUT2D eigenvalue weighted by Crippen LogP contribution is -2.08. The first-order valence-corrected chi connectivity index (χ1v) is 10.3. The highest BCUT2D eigenvalue weighted by molar-refractivity contribution is 5.91. The van der Waals surface area contributed by atoms with Crippen LogP contribution in [0.1, 0.15) is 10.4 Å². The van der Waals surface area contributed by atoms with Gasteiger partial charge in [0.25, 0.3) is 0 Å². The molecule has 4 aromatic rings. The molecule has 0 atom stereocenters. The highest BCUT2D eigenvalue weighted by Gasteiger charge is 2.09. The summed E-state index contributed by atoms with van der Waals surface area (Å²) in [7, 11) is 3.25. The van der Waals surface area contributed by atoms with E-state index < -0.39 is 5.97 Å². The third-order valence-corrected chi connectivity index (χ3v) is 4.94. The van der Waals surface area contributed by atoms with Gasteiger partial charge in [0.2, 0.25) is 0 Å². The average Bonchev–Trinajstić information content (AvgIpc) is 2.88. The number of nitrogens with zero attached hydrogens (tertiary/aromatic N) is 2. The van der Waals surface area contributed by atoms with E-state index in [1.807, 2.05) is 60.7 Å². The summed E-state index contributed by atoms with van der Waals surface area (Å²) < 4.78 is 15.8. The quantitative estimate of drug-likeness (QED) is 0.177. The molecule has 0 aliphatic heterocycles. The summed E-state index contributed by atoms with van der Waals surface area (Å²) in [6, 6.07) is 29.1. The van der Waals surface area contributed by atoms with Crippen LogP contribution in [0.15, 0.2) is 107 Å². The van der Waals surface area contributed by atoms with Gasteiger partial charge in [0.1, 0.15) is 17.2 Å². The second-order valence-electron chi connectivity index (χ2n) is 7.09. The minimum atomic E-state index is -0.427. The maximum Gasteiger partial charge on any atom is 0.343 e. The predicted octanol–water partition coefficient (Wildman–Crippen LogP) is 7.01. The van der Waals surface area contributed by atoms with Gasteiger partial charge in [-0.15, -0.1) is 0 Å². The van der Waals surface area contributed by atoms with E-state index in [1.54, 1.807) is 50.6 Å². The van der Waals surface area contributed by atoms with Gasteiger partial charge < -0.3 is 14.2 Å². The Morgan fingerprint density at radius 1 is 0.545 bits per heavy atom. The SMILES string of the molecule is COc1ccc(N=Nc2ccc(OC(=O)c3ccc(-c4ccc(OC)cc4)cc3)cc2)cc1. The highest BCUT2D eigenvalue weighted by Crippen LogP contribution is 2.25. The summed E-state index contributed by atoms with van der Waals surface area (Å²) >= 11 is 0. The molecule has 0 aromatic heterocycles. The van der Waals surface area contributed by atoms with Crippen molar-refractivity contribution in [3.63, 3.8) is 0 Å². The fourth-order valence-electron chi connectivity index (χ4n) is 3.09. The topological polar surface area (TPSA) is 69.5 Å². The zero-order valence-electron chi connectivity index (χ0n) is 18.3. The van der Waals surface area contributed by atoms with Crippen LogP contribution < -0.4 is 14.2 Å². The number of ether oxygens (including phenoxy) is 3. The molecule has 0 saturated heterocycles. The minimum Gasteiger partial charge on any atom is -0.497 e. The van der Waals surface area contributed by atoms with E-state index in [9.17, 15) is 4.79 Å². The smallest absolute Gasteiger partial charge is 0.343 e. The molecule has 0 aliphatic carbocycles. The normalized spacial score (nSPS) is 10.7. The summed E-state index contributed by atoms with van der Waals surface area (Å²) in [6.07, 6.45) is 0. The Morgan fingerprint density at radius 3 is 1.39 bits per heavy atom. The number of methoxy groups -OCH3 is 2. The van der Waals surface area contributed by atoms with Crippen molar-refractivity contribution in [3.05, 3.63) is 103 Å². The van der Waals surface area contributed by atoms with Crippen molar-refractivity contribution in [3.8, 4) is 28.4 Å². The van der Waals surface area contributed by atoms with Gasteiger partial charge in [0, 0.05) is 0 Å². The molecule has 0 radical (unpaired) electrons. The van der Waals surface area contributed by atoms with E-state index in [-0.39, 0.29) is 0 Å². The number of hydrogen-bond donors (Lipinski definition) is 0. The van der Waals surface area contributed by atoms with E-state index in [4.69, 9.17) is 14.2 Å². The Balaban J connectivity index is 1.37. The second kappa shape index (κ2) is 10.2. The molecular formula is C27H22N2O4. The summed E-state index contributed by atoms with van der Waals surface area (Å²) in [5.74, 6) is 1.56. The molecule has 6 heteroatoms. The summed E-state index contributed by atoms with van der Waals surface area (Å²) in [6.45, 7) is 0. The van der Waals surface area contributed by atoms with Crippen LogP contribution in [0.3, 0.4) is 0 Å². The van der Waals surface area contributed by atoms with Crippen molar-refractivity contribution in [2.75, 3.05) is 14.2 Å². The van der Waals surface area contributed by atoms with E-state index >= 15 is 0 Å². The van der Waals surface area contributed by atoms with Crippen molar-refractivity contribution in [2.45, 2.75) is 0 Å². The molecule has 0 unspecified atom stereocenters. The Kier molecular flexibility index (Phi) is 6.75. The molecule has 0 spiro atoms. The number of benzene rings is 4.